The first-order valence-corrected chi connectivity index (χ1v) is 10.5. The molecule has 1 aromatic rings. The summed E-state index contributed by atoms with van der Waals surface area (Å²) in [4.78, 5) is -0.0451. The van der Waals surface area contributed by atoms with Gasteiger partial charge in [0.05, 0.1) is 15.9 Å². The van der Waals surface area contributed by atoms with Crippen LogP contribution >= 0.6 is 0 Å². The van der Waals surface area contributed by atoms with Crippen molar-refractivity contribution >= 4 is 20.0 Å². The third-order valence-corrected chi connectivity index (χ3v) is 6.97. The Morgan fingerprint density at radius 3 is 2.22 bits per heavy atom. The van der Waals surface area contributed by atoms with Crippen LogP contribution in [0, 0.1) is 5.92 Å². The average Bonchev–Trinajstić information content (AvgIpc) is 3.20. The van der Waals surface area contributed by atoms with Crippen LogP contribution in [-0.2, 0) is 24.8 Å². The number of primary sulfonamides is 1. The predicted octanol–water partition coefficient (Wildman–Crippen LogP) is 0.524. The van der Waals surface area contributed by atoms with E-state index in [9.17, 15) is 16.8 Å². The van der Waals surface area contributed by atoms with Crippen molar-refractivity contribution in [1.82, 2.24) is 4.31 Å². The summed E-state index contributed by atoms with van der Waals surface area (Å²) in [6, 6.07) is 4.96. The lowest BCUT2D eigenvalue weighted by atomic mass is 10.3. The van der Waals surface area contributed by atoms with Crippen LogP contribution in [0.3, 0.4) is 0 Å². The molecule has 1 saturated heterocycles. The van der Waals surface area contributed by atoms with Crippen molar-refractivity contribution in [3.8, 4) is 0 Å². The molecular weight excluding hydrogens is 340 g/mol. The van der Waals surface area contributed by atoms with Crippen LogP contribution in [0.25, 0.3) is 0 Å². The number of hydrogen-bond donors (Lipinski definition) is 1. The number of sulfonamides is 2. The van der Waals surface area contributed by atoms with Crippen molar-refractivity contribution in [2.45, 2.75) is 35.2 Å². The van der Waals surface area contributed by atoms with E-state index in [0.717, 1.165) is 0 Å². The molecule has 2 N–H and O–H groups in total. The molecule has 0 aromatic heterocycles. The van der Waals surface area contributed by atoms with Gasteiger partial charge in [0, 0.05) is 19.7 Å². The first-order valence-electron chi connectivity index (χ1n) is 7.51. The number of ether oxygens (including phenoxy) is 1. The van der Waals surface area contributed by atoms with Crippen molar-refractivity contribution < 1.29 is 21.6 Å². The molecular formula is C14H20N2O5S2. The molecule has 3 rings (SSSR count). The second-order valence-electron chi connectivity index (χ2n) is 6.07. The summed E-state index contributed by atoms with van der Waals surface area (Å²) in [6.07, 6.45) is 3.02. The van der Waals surface area contributed by atoms with Gasteiger partial charge in [0.25, 0.3) is 0 Å². The highest BCUT2D eigenvalue weighted by atomic mass is 32.2. The molecule has 0 amide bonds. The molecule has 1 saturated carbocycles. The van der Waals surface area contributed by atoms with Gasteiger partial charge in [0.1, 0.15) is 0 Å². The van der Waals surface area contributed by atoms with Gasteiger partial charge in [0.15, 0.2) is 0 Å². The number of benzene rings is 1. The van der Waals surface area contributed by atoms with Gasteiger partial charge in [-0.3, -0.25) is 0 Å². The van der Waals surface area contributed by atoms with Crippen LogP contribution in [0.15, 0.2) is 34.1 Å². The fraction of sp³-hybridized carbons (Fsp3) is 0.571. The second-order valence-corrected chi connectivity index (χ2v) is 9.57. The third kappa shape index (κ3) is 3.92. The molecule has 9 heteroatoms. The van der Waals surface area contributed by atoms with Gasteiger partial charge in [-0.1, -0.05) is 0 Å². The minimum absolute atomic E-state index is 0.0610. The van der Waals surface area contributed by atoms with Crippen molar-refractivity contribution in [2.24, 2.45) is 11.1 Å². The quantitative estimate of drug-likeness (QED) is 0.796. The Morgan fingerprint density at radius 2 is 1.65 bits per heavy atom. The van der Waals surface area contributed by atoms with E-state index in [1.165, 1.54) is 41.4 Å². The van der Waals surface area contributed by atoms with Gasteiger partial charge in [0.2, 0.25) is 20.0 Å². The molecule has 0 spiro atoms. The Morgan fingerprint density at radius 1 is 1.04 bits per heavy atom. The Labute approximate surface area is 136 Å². The maximum Gasteiger partial charge on any atom is 0.243 e. The van der Waals surface area contributed by atoms with Crippen molar-refractivity contribution in [2.75, 3.05) is 19.7 Å². The summed E-state index contributed by atoms with van der Waals surface area (Å²) in [7, 11) is -7.47. The fourth-order valence-corrected chi connectivity index (χ4v) is 4.56. The predicted molar refractivity (Wildman–Crippen MR) is 83.7 cm³/mol. The van der Waals surface area contributed by atoms with E-state index in [1.54, 1.807) is 0 Å². The normalized spacial score (nSPS) is 23.3. The minimum Gasteiger partial charge on any atom is -0.377 e. The lowest BCUT2D eigenvalue weighted by molar-refractivity contribution is 0.0561. The summed E-state index contributed by atoms with van der Waals surface area (Å²) in [5.74, 6) is 0.645. The van der Waals surface area contributed by atoms with Crippen LogP contribution in [0.4, 0.5) is 0 Å². The Bertz CT molecular complexity index is 770. The first-order chi connectivity index (χ1) is 10.8. The number of hydrogen-bond acceptors (Lipinski definition) is 5. The van der Waals surface area contributed by atoms with Crippen LogP contribution in [0.5, 0.6) is 0 Å². The van der Waals surface area contributed by atoms with Crippen LogP contribution in [-0.4, -0.2) is 46.9 Å². The van der Waals surface area contributed by atoms with Gasteiger partial charge in [-0.25, -0.2) is 22.0 Å². The summed E-state index contributed by atoms with van der Waals surface area (Å²) >= 11 is 0. The molecule has 1 aromatic carbocycles. The molecule has 2 aliphatic rings. The maximum absolute atomic E-state index is 12.6. The van der Waals surface area contributed by atoms with E-state index in [-0.39, 0.29) is 15.9 Å². The molecule has 128 valence electrons. The number of rotatable bonds is 6. The Balaban J connectivity index is 1.68. The van der Waals surface area contributed by atoms with Gasteiger partial charge in [-0.15, -0.1) is 0 Å². The van der Waals surface area contributed by atoms with Gasteiger partial charge in [-0.05, 0) is 49.4 Å². The minimum atomic E-state index is -3.83. The van der Waals surface area contributed by atoms with E-state index < -0.39 is 20.0 Å². The van der Waals surface area contributed by atoms with Crippen molar-refractivity contribution in [1.29, 1.82) is 0 Å². The fourth-order valence-electron chi connectivity index (χ4n) is 2.56. The van der Waals surface area contributed by atoms with Crippen LogP contribution in [0.2, 0.25) is 0 Å². The lowest BCUT2D eigenvalue weighted by Gasteiger charge is -2.17. The maximum atomic E-state index is 12.6. The third-order valence-electron chi connectivity index (χ3n) is 4.16. The van der Waals surface area contributed by atoms with Gasteiger partial charge < -0.3 is 4.74 Å². The van der Waals surface area contributed by atoms with Gasteiger partial charge in [-0.2, -0.15) is 4.31 Å². The summed E-state index contributed by atoms with van der Waals surface area (Å²) in [6.45, 7) is 1.46. The zero-order valence-corrected chi connectivity index (χ0v) is 14.2. The highest BCUT2D eigenvalue weighted by Crippen LogP contribution is 2.30. The Hall–Kier alpha value is -1.00. The molecule has 1 unspecified atom stereocenters. The number of nitrogens with two attached hydrogens (primary N) is 1. The van der Waals surface area contributed by atoms with Crippen LogP contribution in [0.1, 0.15) is 19.3 Å². The molecule has 1 aliphatic carbocycles. The zero-order chi connectivity index (χ0) is 16.7. The van der Waals surface area contributed by atoms with E-state index in [0.29, 0.717) is 32.0 Å². The van der Waals surface area contributed by atoms with E-state index in [2.05, 4.69) is 0 Å². The smallest absolute Gasteiger partial charge is 0.243 e. The lowest BCUT2D eigenvalue weighted by Crippen LogP contribution is -2.30. The zero-order valence-electron chi connectivity index (χ0n) is 12.6. The standard InChI is InChI=1S/C14H20N2O5S2/c15-22(17,18)13-3-5-14(6-4-13)23(19,20)16-8-7-12(9-16)21-10-11-1-2-11/h3-6,11-12H,1-2,7-10H2,(H2,15,17,18). The molecule has 23 heavy (non-hydrogen) atoms. The molecule has 1 heterocycles. The van der Waals surface area contributed by atoms with Gasteiger partial charge >= 0.3 is 0 Å². The summed E-state index contributed by atoms with van der Waals surface area (Å²) in [5.41, 5.74) is 0. The first kappa shape index (κ1) is 16.8. The topological polar surface area (TPSA) is 107 Å². The van der Waals surface area contributed by atoms with Crippen molar-refractivity contribution in [3.63, 3.8) is 0 Å². The number of nitrogens with zero attached hydrogens (tertiary/aromatic N) is 1. The molecule has 0 radical (unpaired) electrons. The summed E-state index contributed by atoms with van der Waals surface area (Å²) in [5, 5.41) is 5.01. The highest BCUT2D eigenvalue weighted by molar-refractivity contribution is 7.89. The largest absolute Gasteiger partial charge is 0.377 e. The molecule has 2 fully saturated rings. The monoisotopic (exact) mass is 360 g/mol. The average molecular weight is 360 g/mol. The second kappa shape index (κ2) is 6.14. The van der Waals surface area contributed by atoms with Crippen molar-refractivity contribution in [3.05, 3.63) is 24.3 Å². The molecule has 1 aliphatic heterocycles. The highest BCUT2D eigenvalue weighted by Gasteiger charge is 2.34. The molecule has 0 bridgehead atoms. The molecule has 7 nitrogen and oxygen atoms in total. The Kier molecular flexibility index (Phi) is 4.49. The van der Waals surface area contributed by atoms with E-state index in [1.807, 2.05) is 0 Å². The SMILES string of the molecule is NS(=O)(=O)c1ccc(S(=O)(=O)N2CCC(OCC3CC3)C2)cc1. The van der Waals surface area contributed by atoms with E-state index in [4.69, 9.17) is 9.88 Å². The summed E-state index contributed by atoms with van der Waals surface area (Å²) < 4.78 is 54.8. The van der Waals surface area contributed by atoms with Crippen LogP contribution < -0.4 is 5.14 Å². The molecule has 1 atom stereocenters. The van der Waals surface area contributed by atoms with E-state index >= 15 is 0 Å².